The third kappa shape index (κ3) is 4.51. The monoisotopic (exact) mass is 466 g/mol. The second kappa shape index (κ2) is 9.87. The van der Waals surface area contributed by atoms with Gasteiger partial charge in [-0.25, -0.2) is 0 Å². The van der Waals surface area contributed by atoms with Crippen molar-refractivity contribution in [3.63, 3.8) is 0 Å². The van der Waals surface area contributed by atoms with Crippen LogP contribution in [0, 0.1) is 13.8 Å². The highest BCUT2D eigenvalue weighted by Crippen LogP contribution is 2.41. The van der Waals surface area contributed by atoms with Gasteiger partial charge in [0, 0.05) is 26.2 Å². The van der Waals surface area contributed by atoms with Crippen molar-refractivity contribution in [1.29, 1.82) is 0 Å². The van der Waals surface area contributed by atoms with Gasteiger partial charge in [-0.2, -0.15) is 0 Å². The van der Waals surface area contributed by atoms with E-state index in [0.717, 1.165) is 24.2 Å². The standard InChI is InChI=1S/C26H30N2O6/c1-16-14-20(21(29)15-17(16)2)24(30)22-23(18-4-6-19(33-3)7-5-18)28(26(32)25(22)31)9-8-27-10-12-34-13-11-27/h4-7,14-15,23,29-30H,8-13H2,1-3H3. The number of morpholine rings is 1. The van der Waals surface area contributed by atoms with E-state index >= 15 is 0 Å². The van der Waals surface area contributed by atoms with Gasteiger partial charge in [0.2, 0.25) is 0 Å². The number of aliphatic hydroxyl groups is 1. The van der Waals surface area contributed by atoms with E-state index in [2.05, 4.69) is 4.90 Å². The average molecular weight is 467 g/mol. The van der Waals surface area contributed by atoms with E-state index in [-0.39, 0.29) is 22.6 Å². The topological polar surface area (TPSA) is 99.5 Å². The van der Waals surface area contributed by atoms with Gasteiger partial charge >= 0.3 is 0 Å². The SMILES string of the molecule is COc1ccc(C2C(=C(O)c3cc(C)c(C)cc3O)C(=O)C(=O)N2CCN2CCOCC2)cc1. The minimum absolute atomic E-state index is 0.0318. The quantitative estimate of drug-likeness (QED) is 0.384. The van der Waals surface area contributed by atoms with Gasteiger partial charge < -0.3 is 24.6 Å². The molecule has 0 spiro atoms. The summed E-state index contributed by atoms with van der Waals surface area (Å²) in [6.45, 7) is 7.38. The third-order valence-electron chi connectivity index (χ3n) is 6.60. The number of nitrogens with zero attached hydrogens (tertiary/aromatic N) is 2. The number of hydrogen-bond donors (Lipinski definition) is 2. The van der Waals surface area contributed by atoms with E-state index in [4.69, 9.17) is 9.47 Å². The van der Waals surface area contributed by atoms with Gasteiger partial charge in [0.15, 0.2) is 0 Å². The fourth-order valence-corrected chi connectivity index (χ4v) is 4.45. The molecule has 8 heteroatoms. The normalized spacial score (nSPS) is 20.7. The maximum absolute atomic E-state index is 13.2. The van der Waals surface area contributed by atoms with Crippen LogP contribution in [0.5, 0.6) is 11.5 Å². The fraction of sp³-hybridized carbons (Fsp3) is 0.385. The summed E-state index contributed by atoms with van der Waals surface area (Å²) in [6, 6.07) is 9.46. The number of benzene rings is 2. The number of Topliss-reactive ketones (excluding diaryl/α,β-unsaturated/α-hetero) is 1. The maximum atomic E-state index is 13.2. The van der Waals surface area contributed by atoms with Gasteiger partial charge in [0.25, 0.3) is 11.7 Å². The molecule has 2 aliphatic rings. The van der Waals surface area contributed by atoms with E-state index < -0.39 is 17.7 Å². The van der Waals surface area contributed by atoms with Crippen LogP contribution in [0.2, 0.25) is 0 Å². The Bertz CT molecular complexity index is 1120. The molecule has 1 amide bonds. The van der Waals surface area contributed by atoms with Crippen molar-refractivity contribution < 1.29 is 29.3 Å². The molecule has 0 radical (unpaired) electrons. The Kier molecular flexibility index (Phi) is 6.90. The molecule has 2 aromatic rings. The molecule has 1 unspecified atom stereocenters. The number of methoxy groups -OCH3 is 1. The molecule has 0 aliphatic carbocycles. The average Bonchev–Trinajstić information content (AvgIpc) is 3.10. The minimum atomic E-state index is -0.784. The molecule has 34 heavy (non-hydrogen) atoms. The van der Waals surface area contributed by atoms with Crippen LogP contribution in [0.3, 0.4) is 0 Å². The molecule has 1 atom stereocenters. The zero-order valence-electron chi connectivity index (χ0n) is 19.7. The van der Waals surface area contributed by atoms with Crippen LogP contribution in [0.1, 0.15) is 28.3 Å². The van der Waals surface area contributed by atoms with Crippen LogP contribution in [-0.4, -0.2) is 78.2 Å². The number of phenolic OH excluding ortho intramolecular Hbond substituents is 1. The summed E-state index contributed by atoms with van der Waals surface area (Å²) < 4.78 is 10.6. The van der Waals surface area contributed by atoms with Gasteiger partial charge in [-0.1, -0.05) is 12.1 Å². The Labute approximate surface area is 199 Å². The minimum Gasteiger partial charge on any atom is -0.507 e. The lowest BCUT2D eigenvalue weighted by molar-refractivity contribution is -0.140. The summed E-state index contributed by atoms with van der Waals surface area (Å²) >= 11 is 0. The maximum Gasteiger partial charge on any atom is 0.295 e. The molecule has 0 aromatic heterocycles. The Hall–Kier alpha value is -3.36. The molecule has 0 bridgehead atoms. The zero-order valence-corrected chi connectivity index (χ0v) is 19.7. The van der Waals surface area contributed by atoms with Crippen LogP contribution >= 0.6 is 0 Å². The summed E-state index contributed by atoms with van der Waals surface area (Å²) in [5, 5.41) is 21.8. The molecular weight excluding hydrogens is 436 g/mol. The highest BCUT2D eigenvalue weighted by molar-refractivity contribution is 6.46. The molecule has 2 aliphatic heterocycles. The highest BCUT2D eigenvalue weighted by atomic mass is 16.5. The molecule has 2 fully saturated rings. The van der Waals surface area contributed by atoms with Gasteiger partial charge in [-0.15, -0.1) is 0 Å². The molecule has 180 valence electrons. The number of amides is 1. The third-order valence-corrected chi connectivity index (χ3v) is 6.60. The highest BCUT2D eigenvalue weighted by Gasteiger charge is 2.46. The van der Waals surface area contributed by atoms with E-state index in [1.54, 1.807) is 43.5 Å². The van der Waals surface area contributed by atoms with Crippen LogP contribution < -0.4 is 4.74 Å². The first-order valence-corrected chi connectivity index (χ1v) is 11.3. The van der Waals surface area contributed by atoms with E-state index in [1.807, 2.05) is 13.8 Å². The second-order valence-electron chi connectivity index (χ2n) is 8.67. The Morgan fingerprint density at radius 3 is 2.35 bits per heavy atom. The van der Waals surface area contributed by atoms with E-state index in [1.165, 1.54) is 4.90 Å². The van der Waals surface area contributed by atoms with Gasteiger partial charge in [-0.3, -0.25) is 14.5 Å². The van der Waals surface area contributed by atoms with Gasteiger partial charge in [0.05, 0.1) is 37.5 Å². The smallest absolute Gasteiger partial charge is 0.295 e. The lowest BCUT2D eigenvalue weighted by Gasteiger charge is -2.31. The number of ketones is 1. The van der Waals surface area contributed by atoms with Crippen LogP contribution in [-0.2, 0) is 14.3 Å². The molecule has 2 saturated heterocycles. The largest absolute Gasteiger partial charge is 0.507 e. The lowest BCUT2D eigenvalue weighted by Crippen LogP contribution is -2.42. The van der Waals surface area contributed by atoms with Crippen molar-refractivity contribution in [2.45, 2.75) is 19.9 Å². The number of aromatic hydroxyl groups is 1. The first kappa shape index (κ1) is 23.8. The fourth-order valence-electron chi connectivity index (χ4n) is 4.45. The number of phenols is 1. The summed E-state index contributed by atoms with van der Waals surface area (Å²) in [6.07, 6.45) is 0. The second-order valence-corrected chi connectivity index (χ2v) is 8.67. The van der Waals surface area contributed by atoms with E-state index in [0.29, 0.717) is 37.6 Å². The Balaban J connectivity index is 1.78. The van der Waals surface area contributed by atoms with Crippen LogP contribution in [0.15, 0.2) is 42.0 Å². The van der Waals surface area contributed by atoms with Crippen LogP contribution in [0.25, 0.3) is 5.76 Å². The summed E-state index contributed by atoms with van der Waals surface area (Å²) in [7, 11) is 1.56. The van der Waals surface area contributed by atoms with Crippen molar-refractivity contribution in [2.75, 3.05) is 46.5 Å². The molecular formula is C26H30N2O6. The first-order valence-electron chi connectivity index (χ1n) is 11.3. The first-order chi connectivity index (χ1) is 16.3. The molecule has 4 rings (SSSR count). The molecule has 2 N–H and O–H groups in total. The van der Waals surface area contributed by atoms with E-state index in [9.17, 15) is 19.8 Å². The molecule has 2 heterocycles. The number of aryl methyl sites for hydroxylation is 2. The lowest BCUT2D eigenvalue weighted by atomic mass is 9.93. The number of rotatable bonds is 6. The number of carbonyl (C=O) groups is 2. The molecule has 0 saturated carbocycles. The predicted octanol–water partition coefficient (Wildman–Crippen LogP) is 2.77. The van der Waals surface area contributed by atoms with Crippen molar-refractivity contribution in [1.82, 2.24) is 9.80 Å². The van der Waals surface area contributed by atoms with Gasteiger partial charge in [-0.05, 0) is 54.8 Å². The number of carbonyl (C=O) groups excluding carboxylic acids is 2. The van der Waals surface area contributed by atoms with Gasteiger partial charge in [0.1, 0.15) is 17.3 Å². The van der Waals surface area contributed by atoms with Crippen molar-refractivity contribution in [3.05, 3.63) is 64.2 Å². The number of aliphatic hydroxyl groups excluding tert-OH is 1. The Morgan fingerprint density at radius 2 is 1.71 bits per heavy atom. The number of hydrogen-bond acceptors (Lipinski definition) is 7. The Morgan fingerprint density at radius 1 is 1.06 bits per heavy atom. The number of ether oxygens (including phenoxy) is 2. The number of likely N-dealkylation sites (tertiary alicyclic amines) is 1. The van der Waals surface area contributed by atoms with Crippen molar-refractivity contribution in [2.24, 2.45) is 0 Å². The van der Waals surface area contributed by atoms with Crippen molar-refractivity contribution >= 4 is 17.4 Å². The zero-order chi connectivity index (χ0) is 24.4. The van der Waals surface area contributed by atoms with Crippen LogP contribution in [0.4, 0.5) is 0 Å². The predicted molar refractivity (Wildman–Crippen MR) is 127 cm³/mol. The molecule has 8 nitrogen and oxygen atoms in total. The van der Waals surface area contributed by atoms with Crippen molar-refractivity contribution in [3.8, 4) is 11.5 Å². The molecule has 2 aromatic carbocycles. The summed E-state index contributed by atoms with van der Waals surface area (Å²) in [5.74, 6) is -1.32. The summed E-state index contributed by atoms with van der Waals surface area (Å²) in [4.78, 5) is 30.0. The summed E-state index contributed by atoms with van der Waals surface area (Å²) in [5.41, 5.74) is 2.48.